The Labute approximate surface area is 145 Å². The SMILES string of the molecule is CS/C([S-])=N\N=C(c1ccccn1)c1ccccn1.[Cl][Ni]. The first kappa shape index (κ1) is 18.0. The maximum atomic E-state index is 5.02. The zero-order chi connectivity index (χ0) is 15.5. The summed E-state index contributed by atoms with van der Waals surface area (Å²) >= 11 is 9.74. The van der Waals surface area contributed by atoms with Crippen LogP contribution in [0.15, 0.2) is 59.0 Å². The van der Waals surface area contributed by atoms with Gasteiger partial charge in [0.1, 0.15) is 5.71 Å². The van der Waals surface area contributed by atoms with Crippen molar-refractivity contribution in [2.75, 3.05) is 6.26 Å². The number of halogens is 1. The fourth-order valence-corrected chi connectivity index (χ4v) is 1.53. The molecule has 4 nitrogen and oxygen atoms in total. The van der Waals surface area contributed by atoms with Gasteiger partial charge in [0.25, 0.3) is 0 Å². The van der Waals surface area contributed by atoms with E-state index in [-0.39, 0.29) is 0 Å². The van der Waals surface area contributed by atoms with E-state index in [2.05, 4.69) is 44.9 Å². The van der Waals surface area contributed by atoms with Crippen LogP contribution in [0.25, 0.3) is 0 Å². The monoisotopic (exact) mass is 380 g/mol. The van der Waals surface area contributed by atoms with Gasteiger partial charge in [0.2, 0.25) is 0 Å². The third-order valence-electron chi connectivity index (χ3n) is 2.22. The molecule has 0 saturated heterocycles. The van der Waals surface area contributed by atoms with E-state index < -0.39 is 0 Å². The quantitative estimate of drug-likeness (QED) is 0.269. The molecular weight excluding hydrogens is 370 g/mol. The van der Waals surface area contributed by atoms with Crippen molar-refractivity contribution in [2.24, 2.45) is 10.2 Å². The van der Waals surface area contributed by atoms with E-state index in [4.69, 9.17) is 12.6 Å². The summed E-state index contributed by atoms with van der Waals surface area (Å²) in [6, 6.07) is 11.2. The first-order valence-corrected chi connectivity index (χ1v) is 8.62. The Kier molecular flexibility index (Phi) is 9.18. The summed E-state index contributed by atoms with van der Waals surface area (Å²) in [5, 5.41) is 8.19. The van der Waals surface area contributed by atoms with Gasteiger partial charge in [-0.1, -0.05) is 12.1 Å². The van der Waals surface area contributed by atoms with Crippen LogP contribution < -0.4 is 0 Å². The van der Waals surface area contributed by atoms with Crippen LogP contribution in [-0.4, -0.2) is 26.3 Å². The summed E-state index contributed by atoms with van der Waals surface area (Å²) in [7, 11) is 4.26. The number of nitrogens with zero attached hydrogens (tertiary/aromatic N) is 4. The van der Waals surface area contributed by atoms with E-state index in [1.807, 2.05) is 42.7 Å². The molecule has 0 saturated carbocycles. The van der Waals surface area contributed by atoms with Gasteiger partial charge in [-0.15, -0.1) is 16.9 Å². The van der Waals surface area contributed by atoms with E-state index in [1.165, 1.54) is 11.8 Å². The Morgan fingerprint density at radius 2 is 1.57 bits per heavy atom. The van der Waals surface area contributed by atoms with Crippen LogP contribution in [0.5, 0.6) is 0 Å². The second-order valence-electron chi connectivity index (χ2n) is 3.45. The fourth-order valence-electron chi connectivity index (χ4n) is 1.37. The Hall–Kier alpha value is -1.01. The van der Waals surface area contributed by atoms with Gasteiger partial charge in [0.15, 0.2) is 0 Å². The van der Waals surface area contributed by atoms with E-state index in [0.717, 1.165) is 0 Å². The molecule has 0 unspecified atom stereocenters. The zero-order valence-electron chi connectivity index (χ0n) is 10.9. The normalized spacial score (nSPS) is 10.4. The third-order valence-corrected chi connectivity index (χ3v) is 3.23. The van der Waals surface area contributed by atoms with Gasteiger partial charge in [0, 0.05) is 12.4 Å². The number of hydrogen-bond acceptors (Lipinski definition) is 6. The standard InChI is InChI=1S/C13H12N4S2.ClH.Ni/c1-19-13(18)17-16-12(10-6-2-4-8-14-10)11-7-3-5-9-15-11;;/h2-9H,1H3,(H,17,18);1H;/q;;+1/p-2. The molecule has 21 heavy (non-hydrogen) atoms. The van der Waals surface area contributed by atoms with E-state index >= 15 is 0 Å². The molecule has 0 radical (unpaired) electrons. The molecule has 0 aliphatic heterocycles. The van der Waals surface area contributed by atoms with Crippen molar-refractivity contribution in [3.8, 4) is 0 Å². The second-order valence-corrected chi connectivity index (χ2v) is 4.89. The Morgan fingerprint density at radius 3 is 1.95 bits per heavy atom. The van der Waals surface area contributed by atoms with Crippen LogP contribution in [0.3, 0.4) is 0 Å². The van der Waals surface area contributed by atoms with Crippen LogP contribution in [0.2, 0.25) is 0 Å². The molecule has 0 aliphatic rings. The van der Waals surface area contributed by atoms with Crippen molar-refractivity contribution in [1.29, 1.82) is 0 Å². The minimum absolute atomic E-state index is 0.476. The van der Waals surface area contributed by atoms with Crippen LogP contribution in [0.4, 0.5) is 0 Å². The number of pyridine rings is 2. The Morgan fingerprint density at radius 1 is 1.05 bits per heavy atom. The van der Waals surface area contributed by atoms with Crippen molar-refractivity contribution in [2.45, 2.75) is 0 Å². The zero-order valence-corrected chi connectivity index (χ0v) is 14.3. The van der Waals surface area contributed by atoms with Gasteiger partial charge in [0.05, 0.1) is 11.4 Å². The molecule has 0 atom stereocenters. The van der Waals surface area contributed by atoms with E-state index in [0.29, 0.717) is 21.5 Å². The molecule has 2 rings (SSSR count). The van der Waals surface area contributed by atoms with Crippen molar-refractivity contribution < 1.29 is 14.6 Å². The van der Waals surface area contributed by atoms with Crippen LogP contribution >= 0.6 is 22.0 Å². The van der Waals surface area contributed by atoms with Crippen molar-refractivity contribution in [1.82, 2.24) is 9.97 Å². The summed E-state index contributed by atoms with van der Waals surface area (Å²) in [6.45, 7) is 0. The van der Waals surface area contributed by atoms with Crippen molar-refractivity contribution >= 4 is 44.7 Å². The molecule has 0 fully saturated rings. The molecule has 8 heteroatoms. The van der Waals surface area contributed by atoms with Crippen molar-refractivity contribution in [3.63, 3.8) is 0 Å². The molecule has 0 N–H and O–H groups in total. The fraction of sp³-hybridized carbons (Fsp3) is 0.0769. The number of rotatable bonds is 3. The van der Waals surface area contributed by atoms with E-state index in [1.54, 1.807) is 12.4 Å². The van der Waals surface area contributed by atoms with Gasteiger partial charge in [-0.2, -0.15) is 5.10 Å². The molecule has 0 aromatic carbocycles. The Balaban J connectivity index is 0.00000106. The first-order valence-electron chi connectivity index (χ1n) is 5.62. The molecule has 113 valence electrons. The minimum atomic E-state index is 0.476. The molecule has 0 aliphatic carbocycles. The Bertz CT molecular complexity index is 552. The summed E-state index contributed by atoms with van der Waals surface area (Å²) in [4.78, 5) is 8.56. The summed E-state index contributed by atoms with van der Waals surface area (Å²) in [5.41, 5.74) is 2.04. The van der Waals surface area contributed by atoms with Crippen LogP contribution in [0.1, 0.15) is 11.4 Å². The molecule has 2 aromatic heterocycles. The van der Waals surface area contributed by atoms with Crippen LogP contribution in [0, 0.1) is 0 Å². The van der Waals surface area contributed by atoms with Gasteiger partial charge in [-0.25, -0.2) is 0 Å². The molecule has 2 aromatic rings. The summed E-state index contributed by atoms with van der Waals surface area (Å²) in [6.07, 6.45) is 5.28. The third kappa shape index (κ3) is 6.10. The topological polar surface area (TPSA) is 50.5 Å². The molecule has 0 amide bonds. The molecular formula is C13H11ClN4NiS2-. The van der Waals surface area contributed by atoms with E-state index in [9.17, 15) is 0 Å². The van der Waals surface area contributed by atoms with Gasteiger partial charge >= 0.3 is 24.8 Å². The number of thioether (sulfide) groups is 1. The van der Waals surface area contributed by atoms with Gasteiger partial charge < -0.3 is 12.6 Å². The summed E-state index contributed by atoms with van der Waals surface area (Å²) in [5.74, 6) is 0. The predicted molar refractivity (Wildman–Crippen MR) is 88.3 cm³/mol. The molecule has 0 bridgehead atoms. The van der Waals surface area contributed by atoms with Crippen LogP contribution in [-0.2, 0) is 27.2 Å². The predicted octanol–water partition coefficient (Wildman–Crippen LogP) is 3.18. The maximum absolute atomic E-state index is 5.02. The first-order chi connectivity index (χ1) is 10.3. The molecule has 0 spiro atoms. The average Bonchev–Trinajstić information content (AvgIpc) is 2.58. The van der Waals surface area contributed by atoms with Gasteiger partial charge in [-0.3, -0.25) is 9.97 Å². The van der Waals surface area contributed by atoms with Crippen molar-refractivity contribution in [3.05, 3.63) is 60.2 Å². The van der Waals surface area contributed by atoms with Gasteiger partial charge in [-0.05, 0) is 34.9 Å². The molecule has 2 heterocycles. The number of aromatic nitrogens is 2. The average molecular weight is 382 g/mol. The summed E-state index contributed by atoms with van der Waals surface area (Å²) < 4.78 is 0.476. The second kappa shape index (κ2) is 10.7. The number of hydrogen-bond donors (Lipinski definition) is 0.